The van der Waals surface area contributed by atoms with Gasteiger partial charge >= 0.3 is 11.9 Å². The van der Waals surface area contributed by atoms with E-state index in [9.17, 15) is 20.1 Å². The molecule has 73 heavy (non-hydrogen) atoms. The minimum atomic E-state index is -1.72. The lowest BCUT2D eigenvalue weighted by Gasteiger charge is -2.71. The smallest absolute Gasteiger partial charge is 0.331 e. The van der Waals surface area contributed by atoms with Gasteiger partial charge in [-0.25, -0.2) is 4.79 Å². The molecule has 0 amide bonds. The third kappa shape index (κ3) is 9.43. The summed E-state index contributed by atoms with van der Waals surface area (Å²) in [6, 6.07) is 21.6. The van der Waals surface area contributed by atoms with Gasteiger partial charge in [-0.2, -0.15) is 0 Å². The Hall–Kier alpha value is -2.74. The number of hydrogen-bond acceptors (Lipinski definition) is 9. The number of esters is 2. The van der Waals surface area contributed by atoms with E-state index in [0.29, 0.717) is 49.9 Å². The van der Waals surface area contributed by atoms with Crippen LogP contribution in [0.15, 0.2) is 72.3 Å². The number of carbonyl (C=O) groups excluding carboxylic acids is 2. The fraction of sp³-hybridized carbons (Fsp3) is 0.719. The lowest BCUT2D eigenvalue weighted by molar-refractivity contribution is -0.338. The molecule has 0 radical (unpaired) electrons. The predicted octanol–water partition coefficient (Wildman–Crippen LogP) is 13.1. The summed E-state index contributed by atoms with van der Waals surface area (Å²) in [5.74, 6) is 9.62. The molecule has 3 N–H and O–H groups in total. The molecular formula is C64H86O7S2. The van der Waals surface area contributed by atoms with E-state index in [2.05, 4.69) is 93.3 Å². The maximum absolute atomic E-state index is 16.3. The number of rotatable bonds is 8. The summed E-state index contributed by atoms with van der Waals surface area (Å²) in [6.45, 7) is 7.02. The summed E-state index contributed by atoms with van der Waals surface area (Å²) in [5, 5.41) is 42.1. The second kappa shape index (κ2) is 20.6. The van der Waals surface area contributed by atoms with Crippen molar-refractivity contribution in [3.63, 3.8) is 0 Å². The molecule has 15 atom stereocenters. The summed E-state index contributed by atoms with van der Waals surface area (Å²) in [5.41, 5.74) is -1.48. The first kappa shape index (κ1) is 52.3. The van der Waals surface area contributed by atoms with E-state index < -0.39 is 51.5 Å². The van der Waals surface area contributed by atoms with Crippen LogP contribution in [-0.4, -0.2) is 69.3 Å². The second-order valence-electron chi connectivity index (χ2n) is 26.8. The number of hydrogen-bond donors (Lipinski definition) is 3. The van der Waals surface area contributed by atoms with Gasteiger partial charge in [0.15, 0.2) is 0 Å². The maximum Gasteiger partial charge on any atom is 0.331 e. The van der Waals surface area contributed by atoms with E-state index in [-0.39, 0.29) is 54.1 Å². The fourth-order valence-corrected chi connectivity index (χ4v) is 21.8. The standard InChI is InChI=1S/C64H86O7S2/c1-44-17-20-53(65)64-54(66)23-28-59(3,50-22-29-61(38-50)32-31-60(43-61)25-10-11-26-60)56(64)52-39-58(2,63(64,69)30-21-48-36-55(67)70-40-48)24-12-27-62(57(68)71-52)37-47(34-45-13-6-4-7-14-45)18-19-51(62)42-73-72-41-49(33-44)35-46-15-8-5-9-16-46/h4-9,13-16,36,44,47,49-54,56,65-66,69H,10-11,17-23,25-35,37-43H2,1-3H3. The van der Waals surface area contributed by atoms with Crippen molar-refractivity contribution in [2.75, 3.05) is 18.1 Å². The van der Waals surface area contributed by atoms with E-state index in [1.807, 2.05) is 21.6 Å². The zero-order valence-electron chi connectivity index (χ0n) is 44.4. The van der Waals surface area contributed by atoms with Crippen molar-refractivity contribution in [2.24, 2.45) is 68.0 Å². The van der Waals surface area contributed by atoms with E-state index in [4.69, 9.17) is 9.47 Å². The largest absolute Gasteiger partial charge is 0.462 e. The Morgan fingerprint density at radius 2 is 1.42 bits per heavy atom. The summed E-state index contributed by atoms with van der Waals surface area (Å²) >= 11 is 0. The molecule has 6 aliphatic carbocycles. The van der Waals surface area contributed by atoms with Gasteiger partial charge in [0.2, 0.25) is 0 Å². The number of cyclic esters (lactones) is 1. The van der Waals surface area contributed by atoms with Crippen LogP contribution in [0.5, 0.6) is 0 Å². The molecule has 3 aliphatic heterocycles. The minimum Gasteiger partial charge on any atom is -0.462 e. The van der Waals surface area contributed by atoms with Crippen molar-refractivity contribution < 1.29 is 34.4 Å². The molecule has 7 fully saturated rings. The first-order valence-electron chi connectivity index (χ1n) is 29.1. The summed E-state index contributed by atoms with van der Waals surface area (Å²) in [4.78, 5) is 28.9. The number of aliphatic hydroxyl groups excluding tert-OH is 2. The minimum absolute atomic E-state index is 0.0520. The Morgan fingerprint density at radius 3 is 2.15 bits per heavy atom. The van der Waals surface area contributed by atoms with Crippen LogP contribution >= 0.6 is 21.6 Å². The number of benzene rings is 2. The number of fused-ring (bicyclic) bond motifs is 2. The van der Waals surface area contributed by atoms with Gasteiger partial charge in [0.25, 0.3) is 0 Å². The molecule has 1 saturated heterocycles. The topological polar surface area (TPSA) is 113 Å². The average Bonchev–Trinajstić information content (AvgIpc) is 4.21. The van der Waals surface area contributed by atoms with Crippen LogP contribution in [-0.2, 0) is 31.9 Å². The fourth-order valence-electron chi connectivity index (χ4n) is 18.9. The molecule has 2 aromatic carbocycles. The first-order valence-corrected chi connectivity index (χ1v) is 31.6. The van der Waals surface area contributed by atoms with Crippen molar-refractivity contribution in [2.45, 2.75) is 199 Å². The molecule has 6 saturated carbocycles. The molecule has 3 heterocycles. The van der Waals surface area contributed by atoms with Crippen molar-refractivity contribution in [3.8, 4) is 11.8 Å². The van der Waals surface area contributed by atoms with Crippen LogP contribution in [0.3, 0.4) is 0 Å². The Labute approximate surface area is 445 Å². The van der Waals surface area contributed by atoms with Crippen LogP contribution in [0.2, 0.25) is 0 Å². The molecule has 9 heteroatoms. The van der Waals surface area contributed by atoms with Crippen LogP contribution in [0, 0.1) is 79.8 Å². The lowest BCUT2D eigenvalue weighted by Crippen LogP contribution is -2.79. The van der Waals surface area contributed by atoms with E-state index >= 15 is 4.79 Å². The van der Waals surface area contributed by atoms with Gasteiger partial charge in [-0.3, -0.25) is 4.79 Å². The summed E-state index contributed by atoms with van der Waals surface area (Å²) < 4.78 is 13.0. The van der Waals surface area contributed by atoms with Gasteiger partial charge in [-0.15, -0.1) is 5.92 Å². The monoisotopic (exact) mass is 1030 g/mol. The van der Waals surface area contributed by atoms with Gasteiger partial charge in [0.05, 0.1) is 34.1 Å². The molecule has 3 spiro atoms. The van der Waals surface area contributed by atoms with Crippen molar-refractivity contribution in [1.82, 2.24) is 0 Å². The molecule has 2 aromatic rings. The van der Waals surface area contributed by atoms with Crippen molar-refractivity contribution >= 4 is 33.5 Å². The van der Waals surface area contributed by atoms with Gasteiger partial charge in [0.1, 0.15) is 12.7 Å². The normalized spacial score (nSPS) is 43.5. The van der Waals surface area contributed by atoms with Gasteiger partial charge in [-0.05, 0) is 198 Å². The van der Waals surface area contributed by atoms with Crippen molar-refractivity contribution in [1.29, 1.82) is 0 Å². The molecule has 7 nitrogen and oxygen atoms in total. The quantitative estimate of drug-likeness (QED) is 0.135. The zero-order chi connectivity index (χ0) is 50.7. The molecule has 11 rings (SSSR count). The zero-order valence-corrected chi connectivity index (χ0v) is 46.1. The predicted molar refractivity (Wildman–Crippen MR) is 293 cm³/mol. The van der Waals surface area contributed by atoms with Crippen LogP contribution in [0.25, 0.3) is 0 Å². The van der Waals surface area contributed by atoms with Gasteiger partial charge in [0, 0.05) is 36.3 Å². The number of aliphatic hydroxyl groups is 3. The Balaban J connectivity index is 1.06. The van der Waals surface area contributed by atoms with Crippen LogP contribution in [0.4, 0.5) is 0 Å². The summed E-state index contributed by atoms with van der Waals surface area (Å²) in [6.07, 6.45) is 20.6. The summed E-state index contributed by atoms with van der Waals surface area (Å²) in [7, 11) is 3.90. The lowest BCUT2D eigenvalue weighted by atomic mass is 9.35. The highest BCUT2D eigenvalue weighted by Gasteiger charge is 2.78. The van der Waals surface area contributed by atoms with Gasteiger partial charge < -0.3 is 24.8 Å². The molecule has 4 bridgehead atoms. The highest BCUT2D eigenvalue weighted by atomic mass is 33.1. The third-order valence-corrected chi connectivity index (χ3v) is 25.1. The Kier molecular flexibility index (Phi) is 14.7. The van der Waals surface area contributed by atoms with E-state index in [1.165, 1.54) is 62.5 Å². The van der Waals surface area contributed by atoms with Crippen LogP contribution in [0.1, 0.15) is 173 Å². The van der Waals surface area contributed by atoms with E-state index in [1.54, 1.807) is 6.08 Å². The third-order valence-electron chi connectivity index (χ3n) is 22.5. The first-order chi connectivity index (χ1) is 35.1. The molecule has 396 valence electrons. The van der Waals surface area contributed by atoms with E-state index in [0.717, 1.165) is 74.9 Å². The Morgan fingerprint density at radius 1 is 0.726 bits per heavy atom. The highest BCUT2D eigenvalue weighted by molar-refractivity contribution is 8.76. The number of carbonyl (C=O) groups is 2. The average molecular weight is 1030 g/mol. The molecule has 9 aliphatic rings. The highest BCUT2D eigenvalue weighted by Crippen LogP contribution is 2.74. The molecule has 0 aromatic heterocycles. The molecular weight excluding hydrogens is 945 g/mol. The van der Waals surface area contributed by atoms with Crippen LogP contribution < -0.4 is 0 Å². The maximum atomic E-state index is 16.3. The molecule has 15 unspecified atom stereocenters. The number of ether oxygens (including phenoxy) is 2. The van der Waals surface area contributed by atoms with Crippen molar-refractivity contribution in [3.05, 3.63) is 83.4 Å². The Bertz CT molecular complexity index is 2410. The SMILES string of the molecule is CC1CCC(O)C23C(O)CCC(C)(C4CCC5(CCC6(CCCC6)C5)C4)C2C2CC(C)(C#CCC4(CC(Cc5ccccc5)CCC4CSSCC(Cc4ccccc4)C1)C(=O)O2)C3(O)CCC1=CC(=O)OC1. The second-order valence-corrected chi connectivity index (χ2v) is 29.3. The van der Waals surface area contributed by atoms with Gasteiger partial charge in [-0.1, -0.05) is 115 Å².